The summed E-state index contributed by atoms with van der Waals surface area (Å²) in [5, 5.41) is 4.01. The van der Waals surface area contributed by atoms with Crippen LogP contribution in [0.4, 0.5) is 5.69 Å². The largest absolute Gasteiger partial charge is 0.372 e. The number of hydrogen-bond donors (Lipinski definition) is 0. The highest BCUT2D eigenvalue weighted by Crippen LogP contribution is 2.15. The van der Waals surface area contributed by atoms with Crippen molar-refractivity contribution < 1.29 is 0 Å². The number of nitrogens with zero attached hydrogens (tertiary/aromatic N) is 4. The van der Waals surface area contributed by atoms with E-state index in [2.05, 4.69) is 28.8 Å². The number of benzene rings is 1. The average molecular weight is 342 g/mol. The maximum Gasteiger partial charge on any atom is 0.295 e. The first-order valence-corrected chi connectivity index (χ1v) is 8.62. The maximum atomic E-state index is 12.4. The molecule has 0 aliphatic rings. The normalized spacial score (nSPS) is 12.0. The first-order valence-electron chi connectivity index (χ1n) is 7.80. The highest BCUT2D eigenvalue weighted by molar-refractivity contribution is 7.15. The summed E-state index contributed by atoms with van der Waals surface area (Å²) in [4.78, 5) is 30.4. The van der Waals surface area contributed by atoms with E-state index in [1.807, 2.05) is 24.3 Å². The number of fused-ring (bicyclic) bond motifs is 1. The van der Waals surface area contributed by atoms with Crippen LogP contribution < -0.4 is 20.6 Å². The van der Waals surface area contributed by atoms with Crippen LogP contribution in [0.5, 0.6) is 0 Å². The first kappa shape index (κ1) is 16.3. The predicted octanol–water partition coefficient (Wildman–Crippen LogP) is 1.21. The van der Waals surface area contributed by atoms with Gasteiger partial charge in [0.25, 0.3) is 11.1 Å². The van der Waals surface area contributed by atoms with Crippen molar-refractivity contribution in [3.05, 3.63) is 60.8 Å². The third-order valence-corrected chi connectivity index (χ3v) is 4.82. The van der Waals surface area contributed by atoms with Gasteiger partial charge in [0.15, 0.2) is 0 Å². The number of aryl methyl sites for hydroxylation is 1. The van der Waals surface area contributed by atoms with Crippen molar-refractivity contribution in [3.63, 3.8) is 0 Å². The van der Waals surface area contributed by atoms with E-state index in [0.717, 1.165) is 24.3 Å². The molecule has 0 amide bonds. The van der Waals surface area contributed by atoms with Gasteiger partial charge in [0.2, 0.25) is 4.96 Å². The number of rotatable bonds is 4. The summed E-state index contributed by atoms with van der Waals surface area (Å²) in [6, 6.07) is 8.04. The number of aromatic nitrogens is 3. The van der Waals surface area contributed by atoms with Crippen LogP contribution in [-0.2, 0) is 0 Å². The highest BCUT2D eigenvalue weighted by Gasteiger charge is 2.08. The minimum Gasteiger partial charge on any atom is -0.372 e. The van der Waals surface area contributed by atoms with E-state index in [1.165, 1.54) is 15.9 Å². The van der Waals surface area contributed by atoms with Crippen molar-refractivity contribution in [1.29, 1.82) is 0 Å². The Morgan fingerprint density at radius 2 is 1.83 bits per heavy atom. The molecule has 6 nitrogen and oxygen atoms in total. The second-order valence-corrected chi connectivity index (χ2v) is 6.39. The molecule has 1 aromatic carbocycles. The van der Waals surface area contributed by atoms with Crippen LogP contribution in [-0.4, -0.2) is 27.7 Å². The minimum absolute atomic E-state index is 0.220. The first-order chi connectivity index (χ1) is 11.5. The lowest BCUT2D eigenvalue weighted by atomic mass is 10.2. The molecule has 0 atom stereocenters. The summed E-state index contributed by atoms with van der Waals surface area (Å²) in [7, 11) is 0. The minimum atomic E-state index is -0.397. The Hall–Kier alpha value is -2.54. The molecular weight excluding hydrogens is 324 g/mol. The smallest absolute Gasteiger partial charge is 0.295 e. The lowest BCUT2D eigenvalue weighted by molar-refractivity contribution is 0.833. The quantitative estimate of drug-likeness (QED) is 0.713. The lowest BCUT2D eigenvalue weighted by Gasteiger charge is -2.20. The molecular formula is C17H18N4O2S. The number of thiazole rings is 1. The van der Waals surface area contributed by atoms with E-state index < -0.39 is 5.56 Å². The second-order valence-electron chi connectivity index (χ2n) is 5.38. The topological polar surface area (TPSA) is 67.6 Å². The Morgan fingerprint density at radius 1 is 1.17 bits per heavy atom. The van der Waals surface area contributed by atoms with Gasteiger partial charge in [-0.05, 0) is 44.5 Å². The fourth-order valence-corrected chi connectivity index (χ4v) is 3.41. The van der Waals surface area contributed by atoms with Gasteiger partial charge >= 0.3 is 0 Å². The van der Waals surface area contributed by atoms with E-state index in [1.54, 1.807) is 13.0 Å². The van der Waals surface area contributed by atoms with Crippen molar-refractivity contribution in [1.82, 2.24) is 14.6 Å². The average Bonchev–Trinajstić information content (AvgIpc) is 2.86. The zero-order valence-corrected chi connectivity index (χ0v) is 14.6. The monoisotopic (exact) mass is 342 g/mol. The number of anilines is 1. The van der Waals surface area contributed by atoms with E-state index in [0.29, 0.717) is 9.49 Å². The van der Waals surface area contributed by atoms with Crippen LogP contribution in [0, 0.1) is 6.92 Å². The Kier molecular flexibility index (Phi) is 4.44. The highest BCUT2D eigenvalue weighted by atomic mass is 32.1. The molecule has 0 radical (unpaired) electrons. The van der Waals surface area contributed by atoms with Gasteiger partial charge in [0, 0.05) is 18.8 Å². The summed E-state index contributed by atoms with van der Waals surface area (Å²) in [6.45, 7) is 7.69. The molecule has 0 spiro atoms. The molecule has 0 unspecified atom stereocenters. The molecule has 2 heterocycles. The molecule has 0 saturated heterocycles. The van der Waals surface area contributed by atoms with Crippen molar-refractivity contribution in [2.24, 2.45) is 0 Å². The standard InChI is InChI=1S/C17H18N4O2S/c1-4-20(5-2)13-8-6-12(7-9-13)10-14-16(23)21-17(24-14)18-15(22)11(3)19-21/h6-10H,4-5H2,1-3H3/b14-10-. The zero-order valence-electron chi connectivity index (χ0n) is 13.8. The molecule has 3 aromatic rings. The number of hydrogen-bond acceptors (Lipinski definition) is 6. The zero-order chi connectivity index (χ0) is 17.3. The summed E-state index contributed by atoms with van der Waals surface area (Å²) >= 11 is 1.17. The van der Waals surface area contributed by atoms with Gasteiger partial charge in [-0.2, -0.15) is 14.6 Å². The molecule has 124 valence electrons. The van der Waals surface area contributed by atoms with Crippen LogP contribution in [0.1, 0.15) is 25.1 Å². The third-order valence-electron chi connectivity index (χ3n) is 3.86. The molecule has 0 N–H and O–H groups in total. The van der Waals surface area contributed by atoms with Gasteiger partial charge in [-0.3, -0.25) is 9.59 Å². The van der Waals surface area contributed by atoms with Gasteiger partial charge in [-0.1, -0.05) is 23.5 Å². The van der Waals surface area contributed by atoms with Crippen molar-refractivity contribution in [3.8, 4) is 0 Å². The molecule has 0 fully saturated rings. The fraction of sp³-hybridized carbons (Fsp3) is 0.294. The van der Waals surface area contributed by atoms with E-state index in [9.17, 15) is 9.59 Å². The van der Waals surface area contributed by atoms with Crippen molar-refractivity contribution >= 4 is 28.1 Å². The third kappa shape index (κ3) is 2.94. The van der Waals surface area contributed by atoms with Gasteiger partial charge in [0.1, 0.15) is 5.69 Å². The fourth-order valence-electron chi connectivity index (χ4n) is 2.51. The van der Waals surface area contributed by atoms with Crippen LogP contribution in [0.25, 0.3) is 11.0 Å². The van der Waals surface area contributed by atoms with Gasteiger partial charge < -0.3 is 4.90 Å². The van der Waals surface area contributed by atoms with Crippen LogP contribution in [0.3, 0.4) is 0 Å². The molecule has 0 saturated carbocycles. The summed E-state index contributed by atoms with van der Waals surface area (Å²) in [5.74, 6) is 0. The molecule has 0 aliphatic carbocycles. The van der Waals surface area contributed by atoms with Gasteiger partial charge in [-0.15, -0.1) is 0 Å². The molecule has 2 aromatic heterocycles. The van der Waals surface area contributed by atoms with E-state index >= 15 is 0 Å². The molecule has 0 bridgehead atoms. The van der Waals surface area contributed by atoms with Crippen molar-refractivity contribution in [2.45, 2.75) is 20.8 Å². The van der Waals surface area contributed by atoms with Crippen LogP contribution >= 0.6 is 11.3 Å². The Morgan fingerprint density at radius 3 is 2.46 bits per heavy atom. The molecule has 24 heavy (non-hydrogen) atoms. The lowest BCUT2D eigenvalue weighted by Crippen LogP contribution is -2.27. The molecule has 3 rings (SSSR count). The summed E-state index contributed by atoms with van der Waals surface area (Å²) in [6.07, 6.45) is 1.80. The maximum absolute atomic E-state index is 12.4. The molecule has 7 heteroatoms. The summed E-state index contributed by atoms with van der Waals surface area (Å²) in [5.41, 5.74) is 1.65. The van der Waals surface area contributed by atoms with Gasteiger partial charge in [0.05, 0.1) is 4.53 Å². The summed E-state index contributed by atoms with van der Waals surface area (Å²) < 4.78 is 1.70. The second kappa shape index (κ2) is 6.52. The van der Waals surface area contributed by atoms with E-state index in [-0.39, 0.29) is 11.3 Å². The Bertz CT molecular complexity index is 1030. The predicted molar refractivity (Wildman–Crippen MR) is 96.9 cm³/mol. The van der Waals surface area contributed by atoms with Gasteiger partial charge in [-0.25, -0.2) is 0 Å². The molecule has 0 aliphatic heterocycles. The van der Waals surface area contributed by atoms with Crippen molar-refractivity contribution in [2.75, 3.05) is 18.0 Å². The van der Waals surface area contributed by atoms with Crippen LogP contribution in [0.2, 0.25) is 0 Å². The van der Waals surface area contributed by atoms with E-state index in [4.69, 9.17) is 0 Å². The SMILES string of the molecule is CCN(CC)c1ccc(/C=c2\sc3nc(=O)c(C)nn3c2=O)cc1. The Labute approximate surface area is 142 Å². The Balaban J connectivity index is 2.06. The van der Waals surface area contributed by atoms with Crippen LogP contribution in [0.15, 0.2) is 33.9 Å².